The molecule has 0 atom stereocenters. The predicted molar refractivity (Wildman–Crippen MR) is 65.2 cm³/mol. The van der Waals surface area contributed by atoms with Gasteiger partial charge in [-0.15, -0.1) is 0 Å². The molecule has 16 heavy (non-hydrogen) atoms. The first kappa shape index (κ1) is 12.5. The molecule has 0 bridgehead atoms. The van der Waals surface area contributed by atoms with Crippen LogP contribution in [0.15, 0.2) is 42.0 Å². The van der Waals surface area contributed by atoms with Gasteiger partial charge < -0.3 is 4.74 Å². The lowest BCUT2D eigenvalue weighted by Crippen LogP contribution is -2.01. The standard InChI is InChI=1S/C14H18O2/c1-12(14(15)16-2)8-6-7-11-13-9-4-3-5-10-13/h3-5,8-10H,6-7,11H2,1-2H3/b12-8+. The molecule has 1 aromatic carbocycles. The Morgan fingerprint density at radius 2 is 2.00 bits per heavy atom. The summed E-state index contributed by atoms with van der Waals surface area (Å²) in [4.78, 5) is 11.1. The van der Waals surface area contributed by atoms with E-state index in [1.54, 1.807) is 6.92 Å². The summed E-state index contributed by atoms with van der Waals surface area (Å²) >= 11 is 0. The largest absolute Gasteiger partial charge is 0.466 e. The van der Waals surface area contributed by atoms with Gasteiger partial charge in [-0.1, -0.05) is 36.4 Å². The minimum atomic E-state index is -0.236. The smallest absolute Gasteiger partial charge is 0.333 e. The molecule has 0 aliphatic heterocycles. The van der Waals surface area contributed by atoms with E-state index in [4.69, 9.17) is 0 Å². The third kappa shape index (κ3) is 4.30. The Kier molecular flexibility index (Phi) is 5.34. The van der Waals surface area contributed by atoms with Crippen molar-refractivity contribution in [1.82, 2.24) is 0 Å². The number of carbonyl (C=O) groups excluding carboxylic acids is 1. The normalized spacial score (nSPS) is 11.2. The molecule has 0 unspecified atom stereocenters. The number of allylic oxidation sites excluding steroid dienone is 1. The summed E-state index contributed by atoms with van der Waals surface area (Å²) in [5, 5.41) is 0. The van der Waals surface area contributed by atoms with E-state index in [-0.39, 0.29) is 5.97 Å². The van der Waals surface area contributed by atoms with Gasteiger partial charge in [0, 0.05) is 5.57 Å². The van der Waals surface area contributed by atoms with Crippen LogP contribution in [0, 0.1) is 0 Å². The maximum absolute atomic E-state index is 11.1. The van der Waals surface area contributed by atoms with Crippen molar-refractivity contribution in [3.8, 4) is 0 Å². The number of esters is 1. The highest BCUT2D eigenvalue weighted by Crippen LogP contribution is 2.06. The molecule has 0 saturated heterocycles. The van der Waals surface area contributed by atoms with E-state index in [0.29, 0.717) is 5.57 Å². The molecule has 0 amide bonds. The molecular weight excluding hydrogens is 200 g/mol. The van der Waals surface area contributed by atoms with E-state index in [0.717, 1.165) is 19.3 Å². The van der Waals surface area contributed by atoms with Crippen LogP contribution in [0.1, 0.15) is 25.3 Å². The molecule has 2 heteroatoms. The van der Waals surface area contributed by atoms with Gasteiger partial charge in [-0.05, 0) is 31.7 Å². The van der Waals surface area contributed by atoms with E-state index in [9.17, 15) is 4.79 Å². The number of aryl methyl sites for hydroxylation is 1. The number of rotatable bonds is 5. The second-order valence-electron chi connectivity index (χ2n) is 3.76. The predicted octanol–water partition coefficient (Wildman–Crippen LogP) is 3.13. The quantitative estimate of drug-likeness (QED) is 0.431. The van der Waals surface area contributed by atoms with Gasteiger partial charge in [0.25, 0.3) is 0 Å². The van der Waals surface area contributed by atoms with Crippen molar-refractivity contribution in [3.63, 3.8) is 0 Å². The molecule has 86 valence electrons. The Hall–Kier alpha value is -1.57. The zero-order chi connectivity index (χ0) is 11.8. The molecular formula is C14H18O2. The zero-order valence-electron chi connectivity index (χ0n) is 9.90. The molecule has 2 nitrogen and oxygen atoms in total. The first-order valence-electron chi connectivity index (χ1n) is 5.53. The van der Waals surface area contributed by atoms with Gasteiger partial charge in [0.2, 0.25) is 0 Å². The number of hydrogen-bond acceptors (Lipinski definition) is 2. The zero-order valence-corrected chi connectivity index (χ0v) is 9.90. The van der Waals surface area contributed by atoms with Crippen LogP contribution in [0.3, 0.4) is 0 Å². The van der Waals surface area contributed by atoms with Crippen molar-refractivity contribution in [2.24, 2.45) is 0 Å². The third-order valence-corrected chi connectivity index (χ3v) is 2.47. The maximum Gasteiger partial charge on any atom is 0.333 e. The minimum absolute atomic E-state index is 0.236. The SMILES string of the molecule is COC(=O)/C(C)=C/CCCc1ccccc1. The Bertz CT molecular complexity index is 352. The highest BCUT2D eigenvalue weighted by Gasteiger charge is 2.01. The van der Waals surface area contributed by atoms with Crippen LogP contribution in [-0.2, 0) is 16.0 Å². The van der Waals surface area contributed by atoms with Crippen LogP contribution >= 0.6 is 0 Å². The van der Waals surface area contributed by atoms with E-state index in [1.165, 1.54) is 12.7 Å². The summed E-state index contributed by atoms with van der Waals surface area (Å²) in [6, 6.07) is 10.4. The first-order valence-corrected chi connectivity index (χ1v) is 5.53. The fraction of sp³-hybridized carbons (Fsp3) is 0.357. The number of benzene rings is 1. The lowest BCUT2D eigenvalue weighted by molar-refractivity contribution is -0.136. The minimum Gasteiger partial charge on any atom is -0.466 e. The monoisotopic (exact) mass is 218 g/mol. The molecule has 0 aromatic heterocycles. The van der Waals surface area contributed by atoms with Gasteiger partial charge >= 0.3 is 5.97 Å². The van der Waals surface area contributed by atoms with Crippen LogP contribution < -0.4 is 0 Å². The average molecular weight is 218 g/mol. The highest BCUT2D eigenvalue weighted by molar-refractivity contribution is 5.87. The highest BCUT2D eigenvalue weighted by atomic mass is 16.5. The van der Waals surface area contributed by atoms with Crippen LogP contribution in [0.2, 0.25) is 0 Å². The van der Waals surface area contributed by atoms with Gasteiger partial charge in [-0.25, -0.2) is 4.79 Å². The molecule has 0 saturated carbocycles. The van der Waals surface area contributed by atoms with Crippen LogP contribution in [0.5, 0.6) is 0 Å². The number of carbonyl (C=O) groups is 1. The number of methoxy groups -OCH3 is 1. The fourth-order valence-corrected chi connectivity index (χ4v) is 1.51. The van der Waals surface area contributed by atoms with Crippen molar-refractivity contribution < 1.29 is 9.53 Å². The summed E-state index contributed by atoms with van der Waals surface area (Å²) in [7, 11) is 1.41. The maximum atomic E-state index is 11.1. The van der Waals surface area contributed by atoms with Gasteiger partial charge in [-0.2, -0.15) is 0 Å². The number of ether oxygens (including phenoxy) is 1. The molecule has 0 aliphatic carbocycles. The second kappa shape index (κ2) is 6.83. The van der Waals surface area contributed by atoms with E-state index in [2.05, 4.69) is 16.9 Å². The fourth-order valence-electron chi connectivity index (χ4n) is 1.51. The molecule has 0 N–H and O–H groups in total. The Labute approximate surface area is 96.9 Å². The van der Waals surface area contributed by atoms with Crippen molar-refractivity contribution >= 4 is 5.97 Å². The molecule has 0 spiro atoms. The average Bonchev–Trinajstić information content (AvgIpc) is 2.34. The molecule has 0 heterocycles. The van der Waals surface area contributed by atoms with Crippen molar-refractivity contribution in [1.29, 1.82) is 0 Å². The summed E-state index contributed by atoms with van der Waals surface area (Å²) in [6.07, 6.45) is 4.95. The first-order chi connectivity index (χ1) is 7.74. The third-order valence-electron chi connectivity index (χ3n) is 2.47. The second-order valence-corrected chi connectivity index (χ2v) is 3.76. The summed E-state index contributed by atoms with van der Waals surface area (Å²) in [6.45, 7) is 1.79. The molecule has 0 radical (unpaired) electrons. The molecule has 1 aromatic rings. The van der Waals surface area contributed by atoms with Crippen LogP contribution in [0.4, 0.5) is 0 Å². The Balaban J connectivity index is 2.29. The molecule has 0 aliphatic rings. The summed E-state index contributed by atoms with van der Waals surface area (Å²) in [5.74, 6) is -0.236. The Morgan fingerprint density at radius 1 is 1.31 bits per heavy atom. The summed E-state index contributed by atoms with van der Waals surface area (Å²) < 4.78 is 4.62. The van der Waals surface area contributed by atoms with Gasteiger partial charge in [0.15, 0.2) is 0 Å². The van der Waals surface area contributed by atoms with Crippen LogP contribution in [0.25, 0.3) is 0 Å². The Morgan fingerprint density at radius 3 is 2.62 bits per heavy atom. The molecule has 0 fully saturated rings. The van der Waals surface area contributed by atoms with E-state index < -0.39 is 0 Å². The lowest BCUT2D eigenvalue weighted by atomic mass is 10.1. The van der Waals surface area contributed by atoms with Crippen molar-refractivity contribution in [3.05, 3.63) is 47.5 Å². The van der Waals surface area contributed by atoms with Crippen molar-refractivity contribution in [2.45, 2.75) is 26.2 Å². The van der Waals surface area contributed by atoms with Gasteiger partial charge in [0.1, 0.15) is 0 Å². The topological polar surface area (TPSA) is 26.3 Å². The van der Waals surface area contributed by atoms with Gasteiger partial charge in [-0.3, -0.25) is 0 Å². The lowest BCUT2D eigenvalue weighted by Gasteiger charge is -2.00. The van der Waals surface area contributed by atoms with E-state index >= 15 is 0 Å². The van der Waals surface area contributed by atoms with Gasteiger partial charge in [0.05, 0.1) is 7.11 Å². The molecule has 1 rings (SSSR count). The van der Waals surface area contributed by atoms with Crippen molar-refractivity contribution in [2.75, 3.05) is 7.11 Å². The van der Waals surface area contributed by atoms with E-state index in [1.807, 2.05) is 24.3 Å². The summed E-state index contributed by atoms with van der Waals surface area (Å²) in [5.41, 5.74) is 2.03. The number of unbranched alkanes of at least 4 members (excludes halogenated alkanes) is 1. The van der Waals surface area contributed by atoms with Crippen LogP contribution in [-0.4, -0.2) is 13.1 Å². The number of hydrogen-bond donors (Lipinski definition) is 0.